The minimum atomic E-state index is 0. The van der Waals surface area contributed by atoms with Crippen molar-refractivity contribution < 1.29 is 4.42 Å². The van der Waals surface area contributed by atoms with Gasteiger partial charge in [0, 0.05) is 36.6 Å². The van der Waals surface area contributed by atoms with Crippen LogP contribution in [0.1, 0.15) is 17.8 Å². The molecule has 1 aromatic carbocycles. The van der Waals surface area contributed by atoms with E-state index in [1.54, 1.807) is 19.4 Å². The van der Waals surface area contributed by atoms with Crippen molar-refractivity contribution in [1.82, 2.24) is 25.8 Å². The number of benzene rings is 1. The largest absolute Gasteiger partial charge is 0.461 e. The first kappa shape index (κ1) is 23.5. The second kappa shape index (κ2) is 12.0. The first-order valence-corrected chi connectivity index (χ1v) is 9.75. The molecule has 0 fully saturated rings. The highest BCUT2D eigenvalue weighted by molar-refractivity contribution is 14.0. The summed E-state index contributed by atoms with van der Waals surface area (Å²) in [7, 11) is 1.74. The molecular formula is C19H23Cl2IN6O. The summed E-state index contributed by atoms with van der Waals surface area (Å²) in [6.07, 6.45) is 4.09. The van der Waals surface area contributed by atoms with Crippen LogP contribution in [-0.2, 0) is 12.8 Å². The van der Waals surface area contributed by atoms with Crippen molar-refractivity contribution >= 4 is 53.1 Å². The SMILES string of the molecule is CN=C(NCCCc1ccc(Cl)cc1Cl)NCCc1nc(-c2ccco2)n[nH]1.I. The average molecular weight is 549 g/mol. The normalized spacial score (nSPS) is 11.2. The highest BCUT2D eigenvalue weighted by Gasteiger charge is 2.08. The van der Waals surface area contributed by atoms with Crippen LogP contribution in [0.5, 0.6) is 0 Å². The number of furan rings is 1. The molecule has 3 aromatic rings. The van der Waals surface area contributed by atoms with E-state index in [2.05, 4.69) is 30.8 Å². The number of nitrogens with zero attached hydrogens (tertiary/aromatic N) is 3. The Balaban J connectivity index is 0.00000300. The highest BCUT2D eigenvalue weighted by Crippen LogP contribution is 2.21. The molecule has 7 nitrogen and oxygen atoms in total. The van der Waals surface area contributed by atoms with Crippen molar-refractivity contribution in [3.8, 4) is 11.6 Å². The molecular weight excluding hydrogens is 526 g/mol. The van der Waals surface area contributed by atoms with E-state index in [0.29, 0.717) is 34.6 Å². The Labute approximate surface area is 196 Å². The monoisotopic (exact) mass is 548 g/mol. The van der Waals surface area contributed by atoms with Crippen LogP contribution in [0.4, 0.5) is 0 Å². The Morgan fingerprint density at radius 2 is 2.00 bits per heavy atom. The lowest BCUT2D eigenvalue weighted by atomic mass is 10.1. The summed E-state index contributed by atoms with van der Waals surface area (Å²) < 4.78 is 5.29. The summed E-state index contributed by atoms with van der Waals surface area (Å²) >= 11 is 12.1. The lowest BCUT2D eigenvalue weighted by Gasteiger charge is -2.11. The molecule has 0 aliphatic heterocycles. The van der Waals surface area contributed by atoms with Crippen molar-refractivity contribution in [3.63, 3.8) is 0 Å². The fraction of sp³-hybridized carbons (Fsp3) is 0.316. The van der Waals surface area contributed by atoms with Gasteiger partial charge >= 0.3 is 0 Å². The van der Waals surface area contributed by atoms with Crippen molar-refractivity contribution in [2.24, 2.45) is 4.99 Å². The number of H-pyrrole nitrogens is 1. The van der Waals surface area contributed by atoms with E-state index in [4.69, 9.17) is 27.6 Å². The second-order valence-corrected chi connectivity index (χ2v) is 6.94. The van der Waals surface area contributed by atoms with Crippen LogP contribution in [-0.4, -0.2) is 41.3 Å². The van der Waals surface area contributed by atoms with Gasteiger partial charge in [0.15, 0.2) is 11.7 Å². The molecule has 0 atom stereocenters. The molecule has 3 N–H and O–H groups in total. The van der Waals surface area contributed by atoms with Gasteiger partial charge < -0.3 is 15.1 Å². The third-order valence-electron chi connectivity index (χ3n) is 4.08. The number of aromatic amines is 1. The highest BCUT2D eigenvalue weighted by atomic mass is 127. The maximum atomic E-state index is 6.20. The van der Waals surface area contributed by atoms with Crippen LogP contribution in [0, 0.1) is 0 Å². The van der Waals surface area contributed by atoms with Crippen molar-refractivity contribution in [1.29, 1.82) is 0 Å². The topological polar surface area (TPSA) is 91.1 Å². The fourth-order valence-corrected chi connectivity index (χ4v) is 3.16. The Kier molecular flexibility index (Phi) is 9.75. The van der Waals surface area contributed by atoms with Gasteiger partial charge in [-0.3, -0.25) is 10.1 Å². The molecule has 0 aliphatic rings. The zero-order chi connectivity index (χ0) is 19.8. The quantitative estimate of drug-likeness (QED) is 0.169. The molecule has 10 heteroatoms. The third kappa shape index (κ3) is 7.20. The van der Waals surface area contributed by atoms with E-state index in [0.717, 1.165) is 36.7 Å². The molecule has 0 spiro atoms. The van der Waals surface area contributed by atoms with Gasteiger partial charge in [-0.25, -0.2) is 4.98 Å². The van der Waals surface area contributed by atoms with Crippen molar-refractivity contribution in [2.45, 2.75) is 19.3 Å². The smallest absolute Gasteiger partial charge is 0.216 e. The summed E-state index contributed by atoms with van der Waals surface area (Å²) in [5.41, 5.74) is 1.09. The second-order valence-electron chi connectivity index (χ2n) is 6.10. The molecule has 2 aromatic heterocycles. The lowest BCUT2D eigenvalue weighted by molar-refractivity contribution is 0.577. The van der Waals surface area contributed by atoms with E-state index in [1.807, 2.05) is 24.3 Å². The predicted octanol–water partition coefficient (Wildman–Crippen LogP) is 4.33. The number of nitrogens with one attached hydrogen (secondary N) is 3. The maximum Gasteiger partial charge on any atom is 0.216 e. The average Bonchev–Trinajstić information content (AvgIpc) is 3.36. The Hall–Kier alpha value is -1.78. The van der Waals surface area contributed by atoms with Gasteiger partial charge in [-0.2, -0.15) is 5.10 Å². The van der Waals surface area contributed by atoms with Gasteiger partial charge in [0.05, 0.1) is 6.26 Å². The van der Waals surface area contributed by atoms with Crippen molar-refractivity contribution in [3.05, 3.63) is 58.0 Å². The van der Waals surface area contributed by atoms with Crippen LogP contribution in [0.25, 0.3) is 11.6 Å². The number of aromatic nitrogens is 3. The van der Waals surface area contributed by atoms with Gasteiger partial charge in [0.1, 0.15) is 5.82 Å². The van der Waals surface area contributed by atoms with Crippen LogP contribution >= 0.6 is 47.2 Å². The molecule has 0 aliphatic carbocycles. The molecule has 0 bridgehead atoms. The molecule has 156 valence electrons. The Morgan fingerprint density at radius 1 is 1.17 bits per heavy atom. The van der Waals surface area contributed by atoms with Crippen LogP contribution in [0.2, 0.25) is 10.0 Å². The minimum Gasteiger partial charge on any atom is -0.461 e. The molecule has 0 saturated carbocycles. The van der Waals surface area contributed by atoms with E-state index in [1.165, 1.54) is 0 Å². The predicted molar refractivity (Wildman–Crippen MR) is 127 cm³/mol. The molecule has 0 radical (unpaired) electrons. The fourth-order valence-electron chi connectivity index (χ4n) is 2.65. The Bertz CT molecular complexity index is 913. The number of rotatable bonds is 8. The van der Waals surface area contributed by atoms with Crippen LogP contribution in [0.3, 0.4) is 0 Å². The van der Waals surface area contributed by atoms with E-state index in [9.17, 15) is 0 Å². The number of halogens is 3. The van der Waals surface area contributed by atoms with Crippen LogP contribution < -0.4 is 10.6 Å². The third-order valence-corrected chi connectivity index (χ3v) is 4.67. The number of guanidine groups is 1. The lowest BCUT2D eigenvalue weighted by Crippen LogP contribution is -2.38. The standard InChI is InChI=1S/C19H22Cl2N6O.HI/c1-22-19(23-9-2-4-13-6-7-14(20)12-15(13)21)24-10-8-17-25-18(27-26-17)16-5-3-11-28-16;/h3,5-7,11-12H,2,4,8-10H2,1H3,(H2,22,23,24)(H,25,26,27);1H. The molecule has 0 amide bonds. The zero-order valence-electron chi connectivity index (χ0n) is 15.9. The van der Waals surface area contributed by atoms with Gasteiger partial charge in [-0.1, -0.05) is 29.3 Å². The summed E-state index contributed by atoms with van der Waals surface area (Å²) in [6, 6.07) is 9.23. The molecule has 2 heterocycles. The molecule has 0 saturated heterocycles. The van der Waals surface area contributed by atoms with E-state index < -0.39 is 0 Å². The number of hydrogen-bond donors (Lipinski definition) is 3. The molecule has 3 rings (SSSR count). The molecule has 29 heavy (non-hydrogen) atoms. The van der Waals surface area contributed by atoms with Gasteiger partial charge in [0.25, 0.3) is 0 Å². The number of aliphatic imine (C=N–C) groups is 1. The van der Waals surface area contributed by atoms with E-state index >= 15 is 0 Å². The van der Waals surface area contributed by atoms with Gasteiger partial charge in [-0.15, -0.1) is 24.0 Å². The maximum absolute atomic E-state index is 6.20. The molecule has 0 unspecified atom stereocenters. The van der Waals surface area contributed by atoms with Gasteiger partial charge in [-0.05, 0) is 42.7 Å². The van der Waals surface area contributed by atoms with Gasteiger partial charge in [0.2, 0.25) is 5.82 Å². The number of hydrogen-bond acceptors (Lipinski definition) is 4. The summed E-state index contributed by atoms with van der Waals surface area (Å²) in [5, 5.41) is 15.0. The first-order chi connectivity index (χ1) is 13.7. The summed E-state index contributed by atoms with van der Waals surface area (Å²) in [5.74, 6) is 2.73. The van der Waals surface area contributed by atoms with Crippen LogP contribution in [0.15, 0.2) is 46.0 Å². The summed E-state index contributed by atoms with van der Waals surface area (Å²) in [6.45, 7) is 1.46. The Morgan fingerprint density at radius 3 is 2.72 bits per heavy atom. The number of aryl methyl sites for hydroxylation is 1. The summed E-state index contributed by atoms with van der Waals surface area (Å²) in [4.78, 5) is 8.64. The van der Waals surface area contributed by atoms with E-state index in [-0.39, 0.29) is 24.0 Å². The first-order valence-electron chi connectivity index (χ1n) is 8.99. The van der Waals surface area contributed by atoms with Crippen molar-refractivity contribution in [2.75, 3.05) is 20.1 Å². The minimum absolute atomic E-state index is 0. The zero-order valence-corrected chi connectivity index (χ0v) is 19.8.